The molecule has 0 bridgehead atoms. The van der Waals surface area contributed by atoms with Crippen LogP contribution in [-0.2, 0) is 14.8 Å². The molecule has 0 atom stereocenters. The fourth-order valence-electron chi connectivity index (χ4n) is 3.76. The second-order valence-electron chi connectivity index (χ2n) is 7.83. The molecule has 1 heterocycles. The van der Waals surface area contributed by atoms with Crippen molar-refractivity contribution in [2.75, 3.05) is 45.8 Å². The summed E-state index contributed by atoms with van der Waals surface area (Å²) in [7, 11) is -4.11. The van der Waals surface area contributed by atoms with Gasteiger partial charge in [-0.2, -0.15) is 0 Å². The molecule has 33 heavy (non-hydrogen) atoms. The molecule has 1 N–H and O–H groups in total. The Morgan fingerprint density at radius 3 is 2.21 bits per heavy atom. The number of amides is 2. The molecule has 178 valence electrons. The molecule has 2 aromatic carbocycles. The van der Waals surface area contributed by atoms with Gasteiger partial charge in [0.1, 0.15) is 15.8 Å². The summed E-state index contributed by atoms with van der Waals surface area (Å²) in [5, 5.41) is 0. The summed E-state index contributed by atoms with van der Waals surface area (Å²) < 4.78 is 42.3. The predicted molar refractivity (Wildman–Crippen MR) is 122 cm³/mol. The number of nitrogens with zero attached hydrogens (tertiary/aromatic N) is 3. The van der Waals surface area contributed by atoms with E-state index in [4.69, 9.17) is 0 Å². The summed E-state index contributed by atoms with van der Waals surface area (Å²) in [4.78, 5) is 29.7. The van der Waals surface area contributed by atoms with E-state index in [-0.39, 0.29) is 22.4 Å². The number of rotatable bonds is 8. The second kappa shape index (κ2) is 10.8. The van der Waals surface area contributed by atoms with Gasteiger partial charge >= 0.3 is 0 Å². The standard InChI is InChI=1S/C23H28FN4O4S/c1-3-27(4-2)22(29)17-26-13-15-28(16-14-26)23(30)18-9-11-19(12-10-18)33(31,32)25-21-8-6-5-7-20(21)24/h5-12H,3-4,13-17H2,1-2H3/q-1/p+1. The number of benzene rings is 2. The maximum Gasteiger partial charge on any atom is 0.277 e. The zero-order valence-corrected chi connectivity index (χ0v) is 19.6. The van der Waals surface area contributed by atoms with Crippen LogP contribution >= 0.6 is 0 Å². The van der Waals surface area contributed by atoms with Crippen molar-refractivity contribution in [3.63, 3.8) is 0 Å². The van der Waals surface area contributed by atoms with Crippen LogP contribution in [0, 0.1) is 5.82 Å². The first kappa shape index (κ1) is 24.7. The molecule has 2 amide bonds. The van der Waals surface area contributed by atoms with Crippen LogP contribution in [0.2, 0.25) is 0 Å². The van der Waals surface area contributed by atoms with Crippen molar-refractivity contribution in [1.82, 2.24) is 9.80 Å². The maximum atomic E-state index is 13.8. The molecule has 0 aliphatic carbocycles. The fourth-order valence-corrected chi connectivity index (χ4v) is 4.76. The number of sulfonamides is 1. The Kier molecular flexibility index (Phi) is 8.04. The number of hydrogen-bond donors (Lipinski definition) is 1. The lowest BCUT2D eigenvalue weighted by atomic mass is 10.2. The zero-order chi connectivity index (χ0) is 24.0. The molecule has 1 fully saturated rings. The maximum absolute atomic E-state index is 13.8. The molecule has 0 aromatic heterocycles. The van der Waals surface area contributed by atoms with Crippen molar-refractivity contribution in [2.24, 2.45) is 0 Å². The van der Waals surface area contributed by atoms with Gasteiger partial charge < -0.3 is 19.4 Å². The molecule has 0 unspecified atom stereocenters. The predicted octanol–water partition coefficient (Wildman–Crippen LogP) is 1.43. The first-order valence-electron chi connectivity index (χ1n) is 11.0. The molecule has 0 saturated carbocycles. The topological polar surface area (TPSA) is 93.3 Å². The van der Waals surface area contributed by atoms with Gasteiger partial charge in [0.2, 0.25) is 0 Å². The fraction of sp³-hybridized carbons (Fsp3) is 0.391. The Morgan fingerprint density at radius 1 is 1.03 bits per heavy atom. The summed E-state index contributed by atoms with van der Waals surface area (Å²) in [5.74, 6) is -0.806. The normalized spacial score (nSPS) is 14.7. The van der Waals surface area contributed by atoms with Gasteiger partial charge in [0, 0.05) is 18.7 Å². The number of carbonyl (C=O) groups is 2. The van der Waals surface area contributed by atoms with E-state index < -0.39 is 15.8 Å². The molecule has 3 rings (SSSR count). The van der Waals surface area contributed by atoms with E-state index in [9.17, 15) is 22.4 Å². The highest BCUT2D eigenvalue weighted by molar-refractivity contribution is 7.94. The van der Waals surface area contributed by atoms with Crippen molar-refractivity contribution in [3.05, 3.63) is 64.6 Å². The van der Waals surface area contributed by atoms with Crippen LogP contribution in [0.3, 0.4) is 0 Å². The van der Waals surface area contributed by atoms with E-state index in [0.29, 0.717) is 51.4 Å². The Hall–Kier alpha value is -2.98. The third-order valence-electron chi connectivity index (χ3n) is 5.75. The van der Waals surface area contributed by atoms with E-state index in [1.165, 1.54) is 42.5 Å². The molecule has 0 spiro atoms. The first-order chi connectivity index (χ1) is 15.7. The number of halogens is 1. The minimum atomic E-state index is -4.11. The molecular formula is C23H29FN4O4S. The van der Waals surface area contributed by atoms with E-state index in [0.717, 1.165) is 11.0 Å². The largest absolute Gasteiger partial charge is 0.570 e. The van der Waals surface area contributed by atoms with Gasteiger partial charge in [0.05, 0.1) is 31.1 Å². The average Bonchev–Trinajstić information content (AvgIpc) is 2.81. The van der Waals surface area contributed by atoms with Crippen LogP contribution in [0.25, 0.3) is 4.72 Å². The van der Waals surface area contributed by atoms with Crippen molar-refractivity contribution in [2.45, 2.75) is 18.7 Å². The Morgan fingerprint density at radius 2 is 1.64 bits per heavy atom. The van der Waals surface area contributed by atoms with E-state index >= 15 is 0 Å². The van der Waals surface area contributed by atoms with Crippen molar-refractivity contribution in [1.29, 1.82) is 0 Å². The molecule has 8 nitrogen and oxygen atoms in total. The van der Waals surface area contributed by atoms with E-state index in [1.54, 1.807) is 9.80 Å². The summed E-state index contributed by atoms with van der Waals surface area (Å²) in [6.45, 7) is 8.08. The van der Waals surface area contributed by atoms with Crippen LogP contribution in [0.15, 0.2) is 53.4 Å². The lowest BCUT2D eigenvalue weighted by molar-refractivity contribution is -0.896. The highest BCUT2D eigenvalue weighted by Gasteiger charge is 2.27. The summed E-state index contributed by atoms with van der Waals surface area (Å²) in [6.07, 6.45) is 0. The van der Waals surface area contributed by atoms with Crippen molar-refractivity contribution < 1.29 is 27.3 Å². The summed E-state index contributed by atoms with van der Waals surface area (Å²) in [6, 6.07) is 10.9. The monoisotopic (exact) mass is 476 g/mol. The highest BCUT2D eigenvalue weighted by Crippen LogP contribution is 2.29. The van der Waals surface area contributed by atoms with Crippen LogP contribution < -0.4 is 4.90 Å². The van der Waals surface area contributed by atoms with Crippen molar-refractivity contribution >= 4 is 27.5 Å². The lowest BCUT2D eigenvalue weighted by Crippen LogP contribution is -3.15. The Balaban J connectivity index is 1.58. The van der Waals surface area contributed by atoms with Gasteiger partial charge in [-0.3, -0.25) is 9.59 Å². The molecule has 1 aliphatic rings. The summed E-state index contributed by atoms with van der Waals surface area (Å²) >= 11 is 0. The van der Waals surface area contributed by atoms with Crippen LogP contribution in [-0.4, -0.2) is 75.8 Å². The average molecular weight is 477 g/mol. The van der Waals surface area contributed by atoms with Gasteiger partial charge in [-0.25, -0.2) is 12.8 Å². The summed E-state index contributed by atoms with van der Waals surface area (Å²) in [5.41, 5.74) is 0.0972. The SMILES string of the molecule is CCN(CC)C(=O)C[NH+]1CCN(C(=O)c2ccc(S(=O)(=O)[N-]c3ccccc3F)cc2)CC1. The number of piperazine rings is 1. The molecule has 2 aromatic rings. The number of nitrogens with one attached hydrogen (secondary N) is 1. The van der Waals surface area contributed by atoms with E-state index in [1.807, 2.05) is 13.8 Å². The Bertz CT molecular complexity index is 1080. The number of quaternary nitrogens is 1. The third kappa shape index (κ3) is 6.08. The zero-order valence-electron chi connectivity index (χ0n) is 18.8. The molecule has 1 saturated heterocycles. The lowest BCUT2D eigenvalue weighted by Gasteiger charge is -2.33. The van der Waals surface area contributed by atoms with Crippen LogP contribution in [0.4, 0.5) is 10.1 Å². The number of likely N-dealkylation sites (N-methyl/N-ethyl adjacent to an activating group) is 1. The van der Waals surface area contributed by atoms with Gasteiger partial charge in [-0.15, -0.1) is 0 Å². The molecule has 0 radical (unpaired) electrons. The third-order valence-corrected chi connectivity index (χ3v) is 7.05. The second-order valence-corrected chi connectivity index (χ2v) is 9.43. The van der Waals surface area contributed by atoms with Crippen LogP contribution in [0.5, 0.6) is 0 Å². The van der Waals surface area contributed by atoms with Gasteiger partial charge in [-0.05, 0) is 44.2 Å². The van der Waals surface area contributed by atoms with Gasteiger partial charge in [-0.1, -0.05) is 23.9 Å². The van der Waals surface area contributed by atoms with Gasteiger partial charge in [0.25, 0.3) is 11.8 Å². The molecule has 1 aliphatic heterocycles. The quantitative estimate of drug-likeness (QED) is 0.624. The highest BCUT2D eigenvalue weighted by atomic mass is 32.2. The minimum absolute atomic E-state index is 0.118. The minimum Gasteiger partial charge on any atom is -0.570 e. The smallest absolute Gasteiger partial charge is 0.277 e. The van der Waals surface area contributed by atoms with Crippen molar-refractivity contribution in [3.8, 4) is 0 Å². The Labute approximate surface area is 194 Å². The number of hydrogen-bond acceptors (Lipinski definition) is 4. The van der Waals surface area contributed by atoms with E-state index in [2.05, 4.69) is 4.72 Å². The van der Waals surface area contributed by atoms with Gasteiger partial charge in [0.15, 0.2) is 6.54 Å². The van der Waals surface area contributed by atoms with Crippen LogP contribution in [0.1, 0.15) is 24.2 Å². The molecular weight excluding hydrogens is 447 g/mol. The first-order valence-corrected chi connectivity index (χ1v) is 12.4. The molecule has 10 heteroatoms. The number of carbonyl (C=O) groups excluding carboxylic acids is 2.